The highest BCUT2D eigenvalue weighted by Crippen LogP contribution is 2.17. The minimum absolute atomic E-state index is 0.0166. The van der Waals surface area contributed by atoms with Crippen LogP contribution in [0.3, 0.4) is 0 Å². The van der Waals surface area contributed by atoms with E-state index in [1.807, 2.05) is 25.7 Å². The van der Waals surface area contributed by atoms with E-state index in [1.54, 1.807) is 11.9 Å². The number of ether oxygens (including phenoxy) is 1. The van der Waals surface area contributed by atoms with Crippen molar-refractivity contribution in [1.82, 2.24) is 9.80 Å². The van der Waals surface area contributed by atoms with E-state index in [2.05, 4.69) is 0 Å². The van der Waals surface area contributed by atoms with E-state index in [4.69, 9.17) is 9.84 Å². The molecule has 1 atom stereocenters. The summed E-state index contributed by atoms with van der Waals surface area (Å²) in [4.78, 5) is 26.1. The fourth-order valence-corrected chi connectivity index (χ4v) is 2.17. The summed E-state index contributed by atoms with van der Waals surface area (Å²) < 4.78 is 5.32. The molecule has 0 unspecified atom stereocenters. The fraction of sp³-hybridized carbons (Fsp3) is 0.846. The third-order valence-corrected chi connectivity index (χ3v) is 3.07. The predicted molar refractivity (Wildman–Crippen MR) is 71.1 cm³/mol. The van der Waals surface area contributed by atoms with E-state index >= 15 is 0 Å². The van der Waals surface area contributed by atoms with Crippen LogP contribution in [0.4, 0.5) is 4.79 Å². The largest absolute Gasteiger partial charge is 0.480 e. The molecule has 6 nitrogen and oxygen atoms in total. The van der Waals surface area contributed by atoms with Crippen molar-refractivity contribution in [3.8, 4) is 0 Å². The van der Waals surface area contributed by atoms with Gasteiger partial charge in [-0.15, -0.1) is 0 Å². The molecule has 1 saturated heterocycles. The second kappa shape index (κ2) is 6.23. The Morgan fingerprint density at radius 2 is 2.05 bits per heavy atom. The van der Waals surface area contributed by atoms with E-state index in [0.29, 0.717) is 6.54 Å². The number of carbonyl (C=O) groups excluding carboxylic acids is 1. The zero-order chi connectivity index (χ0) is 14.6. The normalized spacial score (nSPS) is 20.9. The van der Waals surface area contributed by atoms with Crippen LogP contribution in [0.5, 0.6) is 0 Å². The zero-order valence-electron chi connectivity index (χ0n) is 12.2. The molecule has 1 rings (SSSR count). The van der Waals surface area contributed by atoms with E-state index in [-0.39, 0.29) is 18.7 Å². The molecule has 0 bridgehead atoms. The Bertz CT molecular complexity index is 338. The zero-order valence-corrected chi connectivity index (χ0v) is 12.2. The first-order valence-electron chi connectivity index (χ1n) is 6.59. The number of carboxylic acids is 1. The maximum atomic E-state index is 12.0. The molecule has 0 aromatic heterocycles. The average molecular weight is 272 g/mol. The van der Waals surface area contributed by atoms with Crippen LogP contribution in [0.25, 0.3) is 0 Å². The van der Waals surface area contributed by atoms with E-state index < -0.39 is 11.6 Å². The fourth-order valence-electron chi connectivity index (χ4n) is 2.17. The Hall–Kier alpha value is -1.30. The van der Waals surface area contributed by atoms with Gasteiger partial charge in [0, 0.05) is 19.6 Å². The van der Waals surface area contributed by atoms with Crippen molar-refractivity contribution in [2.75, 3.05) is 26.7 Å². The summed E-state index contributed by atoms with van der Waals surface area (Å²) in [6, 6.07) is 0.0166. The van der Waals surface area contributed by atoms with Gasteiger partial charge in [-0.05, 0) is 40.2 Å². The molecule has 1 aliphatic heterocycles. The number of carboxylic acid groups (broad SMARTS) is 1. The second-order valence-electron chi connectivity index (χ2n) is 6.02. The van der Waals surface area contributed by atoms with Gasteiger partial charge in [-0.1, -0.05) is 0 Å². The SMILES string of the molecule is CN(C(=O)OC(C)(C)C)[C@H]1CCCN(CC(=O)O)C1. The maximum absolute atomic E-state index is 12.0. The average Bonchev–Trinajstić information content (AvgIpc) is 2.25. The minimum atomic E-state index is -0.833. The molecule has 110 valence electrons. The standard InChI is InChI=1S/C13H24N2O4/c1-13(2,3)19-12(18)14(4)10-6-5-7-15(8-10)9-11(16)17/h10H,5-9H2,1-4H3,(H,16,17)/t10-/m0/s1. The van der Waals surface area contributed by atoms with Crippen molar-refractivity contribution in [3.05, 3.63) is 0 Å². The Kier molecular flexibility index (Phi) is 5.17. The smallest absolute Gasteiger partial charge is 0.410 e. The Morgan fingerprint density at radius 3 is 2.58 bits per heavy atom. The van der Waals surface area contributed by atoms with E-state index in [1.165, 1.54) is 0 Å². The Labute approximate surface area is 114 Å². The first-order valence-corrected chi connectivity index (χ1v) is 6.59. The molecular weight excluding hydrogens is 248 g/mol. The molecule has 6 heteroatoms. The van der Waals surface area contributed by atoms with Crippen molar-refractivity contribution in [2.45, 2.75) is 45.3 Å². The van der Waals surface area contributed by atoms with Gasteiger partial charge >= 0.3 is 12.1 Å². The highest BCUT2D eigenvalue weighted by Gasteiger charge is 2.29. The lowest BCUT2D eigenvalue weighted by molar-refractivity contribution is -0.138. The highest BCUT2D eigenvalue weighted by atomic mass is 16.6. The highest BCUT2D eigenvalue weighted by molar-refractivity contribution is 5.69. The third kappa shape index (κ3) is 5.46. The van der Waals surface area contributed by atoms with Gasteiger partial charge in [-0.3, -0.25) is 9.69 Å². The van der Waals surface area contributed by atoms with Crippen LogP contribution < -0.4 is 0 Å². The van der Waals surface area contributed by atoms with Gasteiger partial charge in [-0.2, -0.15) is 0 Å². The molecular formula is C13H24N2O4. The van der Waals surface area contributed by atoms with E-state index in [0.717, 1.165) is 19.4 Å². The van der Waals surface area contributed by atoms with Crippen molar-refractivity contribution >= 4 is 12.1 Å². The van der Waals surface area contributed by atoms with Crippen molar-refractivity contribution in [3.63, 3.8) is 0 Å². The number of piperidine rings is 1. The van der Waals surface area contributed by atoms with Gasteiger partial charge in [0.25, 0.3) is 0 Å². The number of likely N-dealkylation sites (tertiary alicyclic amines) is 1. The van der Waals surface area contributed by atoms with Gasteiger partial charge < -0.3 is 14.7 Å². The molecule has 19 heavy (non-hydrogen) atoms. The third-order valence-electron chi connectivity index (χ3n) is 3.07. The summed E-state index contributed by atoms with van der Waals surface area (Å²) in [7, 11) is 1.71. The van der Waals surface area contributed by atoms with Crippen molar-refractivity contribution in [2.24, 2.45) is 0 Å². The van der Waals surface area contributed by atoms with Crippen LogP contribution in [0.1, 0.15) is 33.6 Å². The molecule has 0 saturated carbocycles. The number of hydrogen-bond donors (Lipinski definition) is 1. The van der Waals surface area contributed by atoms with Crippen LogP contribution in [0.2, 0.25) is 0 Å². The molecule has 1 aliphatic rings. The van der Waals surface area contributed by atoms with Crippen molar-refractivity contribution < 1.29 is 19.4 Å². The molecule has 1 heterocycles. The first-order chi connectivity index (χ1) is 8.69. The van der Waals surface area contributed by atoms with Crippen LogP contribution in [0, 0.1) is 0 Å². The lowest BCUT2D eigenvalue weighted by atomic mass is 10.0. The molecule has 0 aliphatic carbocycles. The quantitative estimate of drug-likeness (QED) is 0.841. The van der Waals surface area contributed by atoms with Gasteiger partial charge in [0.15, 0.2) is 0 Å². The molecule has 0 aromatic carbocycles. The number of rotatable bonds is 3. The Balaban J connectivity index is 2.54. The van der Waals surface area contributed by atoms with Gasteiger partial charge in [0.05, 0.1) is 6.54 Å². The number of carbonyl (C=O) groups is 2. The van der Waals surface area contributed by atoms with Crippen LogP contribution in [-0.2, 0) is 9.53 Å². The molecule has 1 fully saturated rings. The summed E-state index contributed by atoms with van der Waals surface area (Å²) in [5.74, 6) is -0.833. The minimum Gasteiger partial charge on any atom is -0.480 e. The number of hydrogen-bond acceptors (Lipinski definition) is 4. The molecule has 0 spiro atoms. The summed E-state index contributed by atoms with van der Waals surface area (Å²) in [6.07, 6.45) is 1.42. The topological polar surface area (TPSA) is 70.1 Å². The van der Waals surface area contributed by atoms with Crippen LogP contribution >= 0.6 is 0 Å². The maximum Gasteiger partial charge on any atom is 0.410 e. The molecule has 1 N–H and O–H groups in total. The summed E-state index contributed by atoms with van der Waals surface area (Å²) in [6.45, 7) is 6.87. The Morgan fingerprint density at radius 1 is 1.42 bits per heavy atom. The monoisotopic (exact) mass is 272 g/mol. The number of nitrogens with zero attached hydrogens (tertiary/aromatic N) is 2. The van der Waals surface area contributed by atoms with E-state index in [9.17, 15) is 9.59 Å². The lowest BCUT2D eigenvalue weighted by Crippen LogP contribution is -2.50. The van der Waals surface area contributed by atoms with Gasteiger partial charge in [0.1, 0.15) is 5.60 Å². The number of likely N-dealkylation sites (N-methyl/N-ethyl adjacent to an activating group) is 1. The summed E-state index contributed by atoms with van der Waals surface area (Å²) in [5, 5.41) is 8.81. The van der Waals surface area contributed by atoms with Crippen molar-refractivity contribution in [1.29, 1.82) is 0 Å². The summed E-state index contributed by atoms with van der Waals surface area (Å²) >= 11 is 0. The van der Waals surface area contributed by atoms with Crippen LogP contribution in [-0.4, -0.2) is 65.3 Å². The van der Waals surface area contributed by atoms with Gasteiger partial charge in [0.2, 0.25) is 0 Å². The second-order valence-corrected chi connectivity index (χ2v) is 6.02. The lowest BCUT2D eigenvalue weighted by Gasteiger charge is -2.37. The number of aliphatic carboxylic acids is 1. The van der Waals surface area contributed by atoms with Gasteiger partial charge in [-0.25, -0.2) is 4.79 Å². The molecule has 0 aromatic rings. The molecule has 1 amide bonds. The molecule has 0 radical (unpaired) electrons. The number of amides is 1. The summed E-state index contributed by atoms with van der Waals surface area (Å²) in [5.41, 5.74) is -0.513. The van der Waals surface area contributed by atoms with Crippen LogP contribution in [0.15, 0.2) is 0 Å². The predicted octanol–water partition coefficient (Wildman–Crippen LogP) is 1.40. The first kappa shape index (κ1) is 15.8.